The van der Waals surface area contributed by atoms with Crippen LogP contribution in [0.2, 0.25) is 0 Å². The lowest BCUT2D eigenvalue weighted by Gasteiger charge is -2.35. The number of rotatable bonds is 4. The highest BCUT2D eigenvalue weighted by molar-refractivity contribution is 5.56. The van der Waals surface area contributed by atoms with E-state index in [2.05, 4.69) is 74.4 Å². The van der Waals surface area contributed by atoms with Gasteiger partial charge in [0, 0.05) is 17.7 Å². The van der Waals surface area contributed by atoms with Gasteiger partial charge in [-0.25, -0.2) is 0 Å². The minimum absolute atomic E-state index is 0.789. The third-order valence-electron chi connectivity index (χ3n) is 5.50. The Labute approximate surface area is 167 Å². The van der Waals surface area contributed by atoms with E-state index in [1.54, 1.807) is 6.92 Å². The fourth-order valence-electron chi connectivity index (χ4n) is 4.30. The first-order valence-electron chi connectivity index (χ1n) is 9.67. The van der Waals surface area contributed by atoms with Gasteiger partial charge >= 0.3 is 0 Å². The minimum Gasteiger partial charge on any atom is -0.362 e. The molecular formula is C25H27NO2. The lowest BCUT2D eigenvalue weighted by atomic mass is 9.77. The van der Waals surface area contributed by atoms with Gasteiger partial charge in [0.05, 0.1) is 0 Å². The molecule has 0 saturated carbocycles. The first kappa shape index (κ1) is 18.9. The Kier molecular flexibility index (Phi) is 4.62. The highest BCUT2D eigenvalue weighted by Gasteiger charge is 2.53. The molecule has 1 aliphatic rings. The lowest BCUT2D eigenvalue weighted by molar-refractivity contribution is -0.225. The van der Waals surface area contributed by atoms with Gasteiger partial charge in [0.2, 0.25) is 0 Å². The van der Waals surface area contributed by atoms with Crippen LogP contribution in [0, 0.1) is 6.92 Å². The van der Waals surface area contributed by atoms with E-state index in [0.717, 1.165) is 28.8 Å². The van der Waals surface area contributed by atoms with E-state index >= 15 is 0 Å². The van der Waals surface area contributed by atoms with E-state index in [1.807, 2.05) is 24.3 Å². The molecule has 144 valence electrons. The van der Waals surface area contributed by atoms with Crippen molar-refractivity contribution < 1.29 is 9.84 Å². The maximum atomic E-state index is 11.2. The van der Waals surface area contributed by atoms with Crippen molar-refractivity contribution in [1.82, 2.24) is 4.90 Å². The van der Waals surface area contributed by atoms with Crippen LogP contribution < -0.4 is 0 Å². The molecule has 4 rings (SSSR count). The van der Waals surface area contributed by atoms with Crippen LogP contribution in [0.25, 0.3) is 0 Å². The Morgan fingerprint density at radius 2 is 1.39 bits per heavy atom. The molecule has 1 N–H and O–H groups in total. The third-order valence-corrected chi connectivity index (χ3v) is 5.50. The molecule has 2 atom stereocenters. The van der Waals surface area contributed by atoms with Gasteiger partial charge in [-0.3, -0.25) is 0 Å². The second-order valence-corrected chi connectivity index (χ2v) is 8.07. The van der Waals surface area contributed by atoms with Gasteiger partial charge < -0.3 is 14.7 Å². The highest BCUT2D eigenvalue weighted by Crippen LogP contribution is 2.53. The molecule has 0 aromatic heterocycles. The number of hydrogen-bond acceptors (Lipinski definition) is 3. The van der Waals surface area contributed by atoms with Crippen LogP contribution in [0.15, 0.2) is 72.8 Å². The molecule has 28 heavy (non-hydrogen) atoms. The molecule has 2 unspecified atom stereocenters. The van der Waals surface area contributed by atoms with Gasteiger partial charge in [-0.05, 0) is 44.6 Å². The second-order valence-electron chi connectivity index (χ2n) is 8.07. The Bertz CT molecular complexity index is 991. The average molecular weight is 373 g/mol. The van der Waals surface area contributed by atoms with Crippen LogP contribution >= 0.6 is 0 Å². The molecule has 0 amide bonds. The van der Waals surface area contributed by atoms with Crippen molar-refractivity contribution in [2.24, 2.45) is 0 Å². The van der Waals surface area contributed by atoms with Gasteiger partial charge in [0.1, 0.15) is 5.60 Å². The number of fused-ring (bicyclic) bond motifs is 1. The van der Waals surface area contributed by atoms with Gasteiger partial charge in [-0.15, -0.1) is 0 Å². The standard InChI is InChI=1S/C25H27NO2/c1-18-13-15-20(16-14-18)25(21-10-6-5-9-19(21)17-26(3)4)23-12-8-7-11-22(23)24(2,27)28-25/h5-16,27H,17H2,1-4H3. The summed E-state index contributed by atoms with van der Waals surface area (Å²) in [5, 5.41) is 11.2. The first-order valence-corrected chi connectivity index (χ1v) is 9.67. The van der Waals surface area contributed by atoms with Crippen molar-refractivity contribution in [3.8, 4) is 0 Å². The normalized spacial score (nSPS) is 23.8. The Balaban J connectivity index is 2.05. The summed E-state index contributed by atoms with van der Waals surface area (Å²) in [7, 11) is 4.13. The predicted molar refractivity (Wildman–Crippen MR) is 112 cm³/mol. The van der Waals surface area contributed by atoms with E-state index in [9.17, 15) is 5.11 Å². The number of benzene rings is 3. The van der Waals surface area contributed by atoms with Crippen LogP contribution in [-0.2, 0) is 22.7 Å². The first-order chi connectivity index (χ1) is 13.3. The van der Waals surface area contributed by atoms with Crippen molar-refractivity contribution in [2.45, 2.75) is 31.8 Å². The Morgan fingerprint density at radius 3 is 2.04 bits per heavy atom. The maximum absolute atomic E-state index is 11.2. The summed E-state index contributed by atoms with van der Waals surface area (Å²) in [6.07, 6.45) is 0. The predicted octanol–water partition coefficient (Wildman–Crippen LogP) is 4.54. The SMILES string of the molecule is Cc1ccc(C2(c3ccccc3CN(C)C)OC(C)(O)c3ccccc32)cc1. The second kappa shape index (κ2) is 6.85. The summed E-state index contributed by atoms with van der Waals surface area (Å²) in [5.41, 5.74) is 5.41. The van der Waals surface area contributed by atoms with Crippen molar-refractivity contribution in [2.75, 3.05) is 14.1 Å². The van der Waals surface area contributed by atoms with E-state index < -0.39 is 11.4 Å². The summed E-state index contributed by atoms with van der Waals surface area (Å²) in [6, 6.07) is 24.8. The van der Waals surface area contributed by atoms with E-state index in [4.69, 9.17) is 4.74 Å². The van der Waals surface area contributed by atoms with E-state index in [0.29, 0.717) is 0 Å². The third kappa shape index (κ3) is 2.96. The number of hydrogen-bond donors (Lipinski definition) is 1. The van der Waals surface area contributed by atoms with Crippen LogP contribution in [0.3, 0.4) is 0 Å². The van der Waals surface area contributed by atoms with Crippen molar-refractivity contribution >= 4 is 0 Å². The van der Waals surface area contributed by atoms with E-state index in [1.165, 1.54) is 11.1 Å². The molecule has 3 heteroatoms. The average Bonchev–Trinajstić information content (AvgIpc) is 2.91. The summed E-state index contributed by atoms with van der Waals surface area (Å²) in [4.78, 5) is 2.15. The van der Waals surface area contributed by atoms with Gasteiger partial charge in [-0.2, -0.15) is 0 Å². The summed E-state index contributed by atoms with van der Waals surface area (Å²) in [5.74, 6) is -1.37. The fourth-order valence-corrected chi connectivity index (χ4v) is 4.30. The molecule has 0 fully saturated rings. The highest BCUT2D eigenvalue weighted by atomic mass is 16.6. The van der Waals surface area contributed by atoms with Gasteiger partial charge in [-0.1, -0.05) is 78.4 Å². The zero-order chi connectivity index (χ0) is 19.9. The molecule has 3 nitrogen and oxygen atoms in total. The Hall–Kier alpha value is -2.46. The monoisotopic (exact) mass is 373 g/mol. The smallest absolute Gasteiger partial charge is 0.191 e. The molecule has 0 radical (unpaired) electrons. The van der Waals surface area contributed by atoms with Crippen molar-refractivity contribution in [1.29, 1.82) is 0 Å². The zero-order valence-electron chi connectivity index (χ0n) is 16.9. The number of aliphatic hydroxyl groups is 1. The molecule has 1 aliphatic heterocycles. The lowest BCUT2D eigenvalue weighted by Crippen LogP contribution is -2.34. The van der Waals surface area contributed by atoms with Crippen molar-refractivity contribution in [3.05, 3.63) is 106 Å². The quantitative estimate of drug-likeness (QED) is 0.729. The van der Waals surface area contributed by atoms with Gasteiger partial charge in [0.15, 0.2) is 5.79 Å². The molecule has 0 bridgehead atoms. The Morgan fingerprint density at radius 1 is 0.821 bits per heavy atom. The zero-order valence-corrected chi connectivity index (χ0v) is 16.9. The number of aryl methyl sites for hydroxylation is 1. The molecule has 3 aromatic carbocycles. The van der Waals surface area contributed by atoms with Crippen LogP contribution in [0.1, 0.15) is 40.3 Å². The molecule has 0 aliphatic carbocycles. The van der Waals surface area contributed by atoms with E-state index in [-0.39, 0.29) is 0 Å². The summed E-state index contributed by atoms with van der Waals surface area (Å²) >= 11 is 0. The van der Waals surface area contributed by atoms with Crippen LogP contribution in [-0.4, -0.2) is 24.1 Å². The van der Waals surface area contributed by atoms with Crippen LogP contribution in [0.5, 0.6) is 0 Å². The topological polar surface area (TPSA) is 32.7 Å². The maximum Gasteiger partial charge on any atom is 0.191 e. The fraction of sp³-hybridized carbons (Fsp3) is 0.280. The minimum atomic E-state index is -1.37. The molecule has 3 aromatic rings. The number of nitrogens with zero attached hydrogens (tertiary/aromatic N) is 1. The van der Waals surface area contributed by atoms with Crippen molar-refractivity contribution in [3.63, 3.8) is 0 Å². The van der Waals surface area contributed by atoms with Crippen LogP contribution in [0.4, 0.5) is 0 Å². The molecule has 0 spiro atoms. The number of ether oxygens (including phenoxy) is 1. The molecule has 1 heterocycles. The largest absolute Gasteiger partial charge is 0.362 e. The summed E-state index contributed by atoms with van der Waals surface area (Å²) < 4.78 is 6.58. The molecule has 0 saturated heterocycles. The molecular weight excluding hydrogens is 346 g/mol. The summed E-state index contributed by atoms with van der Waals surface area (Å²) in [6.45, 7) is 4.60. The van der Waals surface area contributed by atoms with Gasteiger partial charge in [0.25, 0.3) is 0 Å².